The van der Waals surface area contributed by atoms with Gasteiger partial charge in [-0.1, -0.05) is 50.8 Å². The van der Waals surface area contributed by atoms with Crippen molar-refractivity contribution in [3.8, 4) is 0 Å². The summed E-state index contributed by atoms with van der Waals surface area (Å²) in [6, 6.07) is 3.63. The molecule has 3 heteroatoms. The van der Waals surface area contributed by atoms with E-state index in [-0.39, 0.29) is 22.3 Å². The third kappa shape index (κ3) is 2.55. The van der Waals surface area contributed by atoms with Crippen molar-refractivity contribution >= 4 is 11.6 Å². The second-order valence-corrected chi connectivity index (χ2v) is 6.14. The molecule has 0 heterocycles. The van der Waals surface area contributed by atoms with Crippen LogP contribution in [-0.4, -0.2) is 0 Å². The predicted octanol–water partition coefficient (Wildman–Crippen LogP) is 4.72. The second kappa shape index (κ2) is 5.18. The van der Waals surface area contributed by atoms with Crippen LogP contribution < -0.4 is 5.73 Å². The van der Waals surface area contributed by atoms with E-state index in [0.29, 0.717) is 5.56 Å². The molecule has 2 rings (SSSR count). The minimum absolute atomic E-state index is 0.120. The highest BCUT2D eigenvalue weighted by molar-refractivity contribution is 6.30. The first-order valence-electron chi connectivity index (χ1n) is 6.72. The van der Waals surface area contributed by atoms with Gasteiger partial charge in [-0.05, 0) is 36.0 Å². The fraction of sp³-hybridized carbons (Fsp3) is 0.600. The molecule has 100 valence electrons. The highest BCUT2D eigenvalue weighted by Crippen LogP contribution is 2.38. The van der Waals surface area contributed by atoms with Gasteiger partial charge in [0.25, 0.3) is 0 Å². The standard InChI is InChI=1S/C15H21ClFN/c1-10(2)12-8-11(9-13(16)14(12)17)15(18)6-4-3-5-7-15/h8-10H,3-7,18H2,1-2H3. The van der Waals surface area contributed by atoms with Crippen LogP contribution in [0.25, 0.3) is 0 Å². The minimum Gasteiger partial charge on any atom is -0.321 e. The zero-order chi connectivity index (χ0) is 13.3. The molecule has 18 heavy (non-hydrogen) atoms. The molecule has 0 bridgehead atoms. The predicted molar refractivity (Wildman–Crippen MR) is 74.4 cm³/mol. The van der Waals surface area contributed by atoms with E-state index in [2.05, 4.69) is 0 Å². The zero-order valence-corrected chi connectivity index (χ0v) is 11.9. The monoisotopic (exact) mass is 269 g/mol. The Kier molecular flexibility index (Phi) is 3.98. The lowest BCUT2D eigenvalue weighted by molar-refractivity contribution is 0.302. The fourth-order valence-electron chi connectivity index (χ4n) is 2.79. The van der Waals surface area contributed by atoms with Crippen LogP contribution in [0.3, 0.4) is 0 Å². The van der Waals surface area contributed by atoms with E-state index in [4.69, 9.17) is 17.3 Å². The van der Waals surface area contributed by atoms with Crippen LogP contribution in [0.4, 0.5) is 4.39 Å². The van der Waals surface area contributed by atoms with Crippen molar-refractivity contribution in [2.45, 2.75) is 57.4 Å². The van der Waals surface area contributed by atoms with E-state index >= 15 is 0 Å². The number of benzene rings is 1. The Balaban J connectivity index is 2.45. The van der Waals surface area contributed by atoms with Gasteiger partial charge in [0.1, 0.15) is 5.82 Å². The molecule has 0 radical (unpaired) electrons. The van der Waals surface area contributed by atoms with Gasteiger partial charge in [0.05, 0.1) is 5.02 Å². The fourth-order valence-corrected chi connectivity index (χ4v) is 3.02. The Morgan fingerprint density at radius 3 is 2.39 bits per heavy atom. The molecule has 0 amide bonds. The van der Waals surface area contributed by atoms with Crippen LogP contribution >= 0.6 is 11.6 Å². The van der Waals surface area contributed by atoms with Gasteiger partial charge in [0, 0.05) is 5.54 Å². The maximum absolute atomic E-state index is 14.0. The van der Waals surface area contributed by atoms with Gasteiger partial charge >= 0.3 is 0 Å². The van der Waals surface area contributed by atoms with Crippen molar-refractivity contribution in [3.05, 3.63) is 34.1 Å². The number of rotatable bonds is 2. The van der Waals surface area contributed by atoms with E-state index < -0.39 is 0 Å². The number of halogens is 2. The summed E-state index contributed by atoms with van der Waals surface area (Å²) in [4.78, 5) is 0. The summed E-state index contributed by atoms with van der Waals surface area (Å²) < 4.78 is 14.0. The van der Waals surface area contributed by atoms with Crippen LogP contribution in [0.5, 0.6) is 0 Å². The van der Waals surface area contributed by atoms with Gasteiger partial charge in [-0.15, -0.1) is 0 Å². The smallest absolute Gasteiger partial charge is 0.145 e. The first-order chi connectivity index (χ1) is 8.44. The van der Waals surface area contributed by atoms with E-state index in [0.717, 1.165) is 31.2 Å². The molecular formula is C15H21ClFN. The Morgan fingerprint density at radius 2 is 1.83 bits per heavy atom. The summed E-state index contributed by atoms with van der Waals surface area (Å²) in [5.74, 6) is -0.176. The van der Waals surface area contributed by atoms with Crippen LogP contribution in [0.2, 0.25) is 5.02 Å². The van der Waals surface area contributed by atoms with Gasteiger partial charge in [0.2, 0.25) is 0 Å². The van der Waals surface area contributed by atoms with E-state index in [1.54, 1.807) is 6.07 Å². The topological polar surface area (TPSA) is 26.0 Å². The average molecular weight is 270 g/mol. The van der Waals surface area contributed by atoms with Crippen molar-refractivity contribution < 1.29 is 4.39 Å². The molecular weight excluding hydrogens is 249 g/mol. The number of nitrogens with two attached hydrogens (primary N) is 1. The lowest BCUT2D eigenvalue weighted by Crippen LogP contribution is -2.38. The molecule has 0 saturated heterocycles. The summed E-state index contributed by atoms with van der Waals surface area (Å²) in [5.41, 5.74) is 7.84. The first-order valence-corrected chi connectivity index (χ1v) is 7.10. The Morgan fingerprint density at radius 1 is 1.22 bits per heavy atom. The van der Waals surface area contributed by atoms with Crippen LogP contribution in [-0.2, 0) is 5.54 Å². The molecule has 0 unspecified atom stereocenters. The Bertz CT molecular complexity index is 436. The van der Waals surface area contributed by atoms with Crippen molar-refractivity contribution in [1.82, 2.24) is 0 Å². The van der Waals surface area contributed by atoms with E-state index in [1.807, 2.05) is 19.9 Å². The molecule has 1 nitrogen and oxygen atoms in total. The molecule has 1 aromatic rings. The van der Waals surface area contributed by atoms with E-state index in [1.165, 1.54) is 6.42 Å². The summed E-state index contributed by atoms with van der Waals surface area (Å²) in [5, 5.41) is 0.201. The minimum atomic E-state index is -0.320. The van der Waals surface area contributed by atoms with Crippen LogP contribution in [0, 0.1) is 5.82 Å². The third-order valence-electron chi connectivity index (χ3n) is 4.00. The van der Waals surface area contributed by atoms with Crippen LogP contribution in [0.15, 0.2) is 12.1 Å². The molecule has 1 fully saturated rings. The quantitative estimate of drug-likeness (QED) is 0.826. The number of hydrogen-bond acceptors (Lipinski definition) is 1. The average Bonchev–Trinajstić information content (AvgIpc) is 2.33. The largest absolute Gasteiger partial charge is 0.321 e. The molecule has 0 atom stereocenters. The van der Waals surface area contributed by atoms with E-state index in [9.17, 15) is 4.39 Å². The molecule has 1 saturated carbocycles. The zero-order valence-electron chi connectivity index (χ0n) is 11.1. The highest BCUT2D eigenvalue weighted by Gasteiger charge is 2.30. The molecule has 0 spiro atoms. The summed E-state index contributed by atoms with van der Waals surface area (Å²) in [7, 11) is 0. The lowest BCUT2D eigenvalue weighted by Gasteiger charge is -2.34. The Hall–Kier alpha value is -0.600. The van der Waals surface area contributed by atoms with Crippen LogP contribution in [0.1, 0.15) is 63.0 Å². The maximum atomic E-state index is 14.0. The summed E-state index contributed by atoms with van der Waals surface area (Å²) in [6.45, 7) is 3.95. The van der Waals surface area contributed by atoms with Gasteiger partial charge in [-0.2, -0.15) is 0 Å². The lowest BCUT2D eigenvalue weighted by atomic mass is 9.76. The molecule has 0 aromatic heterocycles. The Labute approximate surface area is 114 Å². The molecule has 1 aliphatic rings. The van der Waals surface area contributed by atoms with Gasteiger partial charge in [-0.25, -0.2) is 4.39 Å². The SMILES string of the molecule is CC(C)c1cc(C2(N)CCCCC2)cc(Cl)c1F. The van der Waals surface area contributed by atoms with Gasteiger partial charge in [-0.3, -0.25) is 0 Å². The molecule has 2 N–H and O–H groups in total. The third-order valence-corrected chi connectivity index (χ3v) is 4.27. The van der Waals surface area contributed by atoms with Crippen molar-refractivity contribution in [1.29, 1.82) is 0 Å². The molecule has 1 aromatic carbocycles. The second-order valence-electron chi connectivity index (χ2n) is 5.73. The van der Waals surface area contributed by atoms with Crippen molar-refractivity contribution in [2.24, 2.45) is 5.73 Å². The maximum Gasteiger partial charge on any atom is 0.145 e. The van der Waals surface area contributed by atoms with Crippen molar-refractivity contribution in [2.75, 3.05) is 0 Å². The highest BCUT2D eigenvalue weighted by atomic mass is 35.5. The molecule has 1 aliphatic carbocycles. The first kappa shape index (κ1) is 13.8. The number of hydrogen-bond donors (Lipinski definition) is 1. The van der Waals surface area contributed by atoms with Gasteiger partial charge in [0.15, 0.2) is 0 Å². The molecule has 0 aliphatic heterocycles. The summed E-state index contributed by atoms with van der Waals surface area (Å²) in [6.07, 6.45) is 5.45. The normalized spacial score (nSPS) is 19.2. The van der Waals surface area contributed by atoms with Crippen molar-refractivity contribution in [3.63, 3.8) is 0 Å². The summed E-state index contributed by atoms with van der Waals surface area (Å²) >= 11 is 6.01. The van der Waals surface area contributed by atoms with Gasteiger partial charge < -0.3 is 5.73 Å².